The van der Waals surface area contributed by atoms with E-state index in [1.807, 2.05) is 6.07 Å². The monoisotopic (exact) mass is 233 g/mol. The van der Waals surface area contributed by atoms with Crippen LogP contribution in [0.3, 0.4) is 0 Å². The normalized spacial score (nSPS) is 21.6. The molecule has 1 heterocycles. The highest BCUT2D eigenvalue weighted by Crippen LogP contribution is 2.18. The van der Waals surface area contributed by atoms with Crippen LogP contribution in [-0.4, -0.2) is 18.8 Å². The number of hydrogen-bond donors (Lipinski definition) is 1. The van der Waals surface area contributed by atoms with Crippen molar-refractivity contribution in [2.24, 2.45) is 5.73 Å². The van der Waals surface area contributed by atoms with Gasteiger partial charge in [0.15, 0.2) is 0 Å². The van der Waals surface area contributed by atoms with Crippen LogP contribution in [0, 0.1) is 0 Å². The lowest BCUT2D eigenvalue weighted by Crippen LogP contribution is -2.23. The number of ether oxygens (including phenoxy) is 1. The first kappa shape index (κ1) is 12.6. The molecule has 1 fully saturated rings. The van der Waals surface area contributed by atoms with E-state index in [9.17, 15) is 0 Å². The van der Waals surface area contributed by atoms with Gasteiger partial charge in [-0.2, -0.15) is 0 Å². The molecule has 2 heteroatoms. The minimum atomic E-state index is 0.291. The van der Waals surface area contributed by atoms with E-state index in [2.05, 4.69) is 24.3 Å². The fourth-order valence-electron chi connectivity index (χ4n) is 2.50. The predicted molar refractivity (Wildman–Crippen MR) is 70.9 cm³/mol. The first-order valence-corrected chi connectivity index (χ1v) is 6.75. The Hall–Kier alpha value is -0.860. The van der Waals surface area contributed by atoms with E-state index < -0.39 is 0 Å². The predicted octanol–water partition coefficient (Wildman–Crippen LogP) is 2.91. The Morgan fingerprint density at radius 1 is 1.29 bits per heavy atom. The summed E-state index contributed by atoms with van der Waals surface area (Å²) in [5.41, 5.74) is 7.49. The molecule has 1 saturated heterocycles. The highest BCUT2D eigenvalue weighted by atomic mass is 16.5. The molecule has 94 valence electrons. The van der Waals surface area contributed by atoms with E-state index in [1.54, 1.807) is 0 Å². The average molecular weight is 233 g/mol. The molecular formula is C15H23NO. The van der Waals surface area contributed by atoms with Gasteiger partial charge in [0.25, 0.3) is 0 Å². The van der Waals surface area contributed by atoms with Crippen LogP contribution in [0.1, 0.15) is 37.7 Å². The molecule has 0 aromatic heterocycles. The lowest BCUT2D eigenvalue weighted by molar-refractivity contribution is 0.101. The van der Waals surface area contributed by atoms with Gasteiger partial charge in [-0.15, -0.1) is 0 Å². The summed E-state index contributed by atoms with van der Waals surface area (Å²) in [6, 6.07) is 10.8. The van der Waals surface area contributed by atoms with Crippen molar-refractivity contribution >= 4 is 0 Å². The maximum absolute atomic E-state index is 6.15. The molecule has 2 unspecified atom stereocenters. The molecule has 2 N–H and O–H groups in total. The van der Waals surface area contributed by atoms with E-state index in [1.165, 1.54) is 31.2 Å². The molecule has 2 nitrogen and oxygen atoms in total. The Labute approximate surface area is 104 Å². The molecule has 2 atom stereocenters. The second kappa shape index (κ2) is 6.77. The van der Waals surface area contributed by atoms with Crippen molar-refractivity contribution in [3.05, 3.63) is 35.9 Å². The third-order valence-corrected chi connectivity index (χ3v) is 3.47. The third-order valence-electron chi connectivity index (χ3n) is 3.47. The van der Waals surface area contributed by atoms with Crippen LogP contribution >= 0.6 is 0 Å². The minimum absolute atomic E-state index is 0.291. The van der Waals surface area contributed by atoms with E-state index in [0.717, 1.165) is 19.4 Å². The van der Waals surface area contributed by atoms with Gasteiger partial charge in [0.2, 0.25) is 0 Å². The maximum atomic E-state index is 6.15. The molecule has 1 aliphatic rings. The molecule has 0 spiro atoms. The van der Waals surface area contributed by atoms with Crippen molar-refractivity contribution in [2.75, 3.05) is 6.61 Å². The Morgan fingerprint density at radius 3 is 2.82 bits per heavy atom. The van der Waals surface area contributed by atoms with Crippen molar-refractivity contribution in [1.29, 1.82) is 0 Å². The summed E-state index contributed by atoms with van der Waals surface area (Å²) in [6.45, 7) is 0.959. The molecule has 2 rings (SSSR count). The number of rotatable bonds is 6. The van der Waals surface area contributed by atoms with Crippen LogP contribution in [0.15, 0.2) is 30.3 Å². The minimum Gasteiger partial charge on any atom is -0.378 e. The van der Waals surface area contributed by atoms with Gasteiger partial charge >= 0.3 is 0 Å². The molecule has 1 aromatic rings. The van der Waals surface area contributed by atoms with E-state index >= 15 is 0 Å². The summed E-state index contributed by atoms with van der Waals surface area (Å²) in [5.74, 6) is 0. The molecular weight excluding hydrogens is 210 g/mol. The summed E-state index contributed by atoms with van der Waals surface area (Å²) in [6.07, 6.45) is 7.47. The van der Waals surface area contributed by atoms with Crippen LogP contribution in [0.2, 0.25) is 0 Å². The molecule has 17 heavy (non-hydrogen) atoms. The van der Waals surface area contributed by atoms with Crippen LogP contribution in [0.25, 0.3) is 0 Å². The van der Waals surface area contributed by atoms with Gasteiger partial charge in [0.05, 0.1) is 6.10 Å². The standard InChI is InChI=1S/C15H23NO/c16-14(12-13-6-2-1-3-7-13)8-4-9-15-10-5-11-17-15/h1-3,6-7,14-15H,4-5,8-12,16H2. The molecule has 0 aliphatic carbocycles. The van der Waals surface area contributed by atoms with Gasteiger partial charge in [-0.1, -0.05) is 30.3 Å². The number of nitrogens with two attached hydrogens (primary N) is 1. The molecule has 0 amide bonds. The van der Waals surface area contributed by atoms with Crippen molar-refractivity contribution < 1.29 is 4.74 Å². The topological polar surface area (TPSA) is 35.2 Å². The number of hydrogen-bond acceptors (Lipinski definition) is 2. The van der Waals surface area contributed by atoms with E-state index in [0.29, 0.717) is 12.1 Å². The fourth-order valence-corrected chi connectivity index (χ4v) is 2.50. The van der Waals surface area contributed by atoms with Crippen molar-refractivity contribution in [3.63, 3.8) is 0 Å². The van der Waals surface area contributed by atoms with Crippen molar-refractivity contribution in [2.45, 2.75) is 50.7 Å². The molecule has 0 saturated carbocycles. The average Bonchev–Trinajstić information content (AvgIpc) is 2.83. The van der Waals surface area contributed by atoms with Crippen LogP contribution in [0.5, 0.6) is 0 Å². The maximum Gasteiger partial charge on any atom is 0.0576 e. The van der Waals surface area contributed by atoms with Crippen LogP contribution in [0.4, 0.5) is 0 Å². The zero-order valence-electron chi connectivity index (χ0n) is 10.5. The van der Waals surface area contributed by atoms with Gasteiger partial charge < -0.3 is 10.5 Å². The summed E-state index contributed by atoms with van der Waals surface area (Å²) < 4.78 is 5.61. The van der Waals surface area contributed by atoms with Gasteiger partial charge in [0, 0.05) is 12.6 Å². The van der Waals surface area contributed by atoms with E-state index in [-0.39, 0.29) is 0 Å². The highest BCUT2D eigenvalue weighted by molar-refractivity contribution is 5.15. The second-order valence-electron chi connectivity index (χ2n) is 5.02. The van der Waals surface area contributed by atoms with Gasteiger partial charge in [-0.3, -0.25) is 0 Å². The summed E-state index contributed by atoms with van der Waals surface area (Å²) >= 11 is 0. The quantitative estimate of drug-likeness (QED) is 0.820. The van der Waals surface area contributed by atoms with Crippen LogP contribution in [-0.2, 0) is 11.2 Å². The van der Waals surface area contributed by atoms with Gasteiger partial charge in [-0.05, 0) is 44.1 Å². The fraction of sp³-hybridized carbons (Fsp3) is 0.600. The summed E-state index contributed by atoms with van der Waals surface area (Å²) in [7, 11) is 0. The van der Waals surface area contributed by atoms with Gasteiger partial charge in [0.1, 0.15) is 0 Å². The lowest BCUT2D eigenvalue weighted by atomic mass is 10.00. The number of benzene rings is 1. The van der Waals surface area contributed by atoms with Crippen LogP contribution < -0.4 is 5.73 Å². The van der Waals surface area contributed by atoms with E-state index in [4.69, 9.17) is 10.5 Å². The first-order chi connectivity index (χ1) is 8.34. The zero-order chi connectivity index (χ0) is 11.9. The Bertz CT molecular complexity index is 306. The van der Waals surface area contributed by atoms with Crippen molar-refractivity contribution in [3.8, 4) is 0 Å². The molecule has 1 aliphatic heterocycles. The highest BCUT2D eigenvalue weighted by Gasteiger charge is 2.15. The first-order valence-electron chi connectivity index (χ1n) is 6.75. The SMILES string of the molecule is NC(CCCC1CCCO1)Cc1ccccc1. The second-order valence-corrected chi connectivity index (χ2v) is 5.02. The smallest absolute Gasteiger partial charge is 0.0576 e. The summed E-state index contributed by atoms with van der Waals surface area (Å²) in [4.78, 5) is 0. The largest absolute Gasteiger partial charge is 0.378 e. The third kappa shape index (κ3) is 4.49. The Balaban J connectivity index is 1.62. The molecule has 1 aromatic carbocycles. The van der Waals surface area contributed by atoms with Gasteiger partial charge in [-0.25, -0.2) is 0 Å². The lowest BCUT2D eigenvalue weighted by Gasteiger charge is -2.13. The molecule has 0 radical (unpaired) electrons. The zero-order valence-corrected chi connectivity index (χ0v) is 10.5. The Morgan fingerprint density at radius 2 is 2.12 bits per heavy atom. The van der Waals surface area contributed by atoms with Crippen molar-refractivity contribution in [1.82, 2.24) is 0 Å². The summed E-state index contributed by atoms with van der Waals surface area (Å²) in [5, 5.41) is 0. The Kier molecular flexibility index (Phi) is 5.02. The molecule has 0 bridgehead atoms.